The summed E-state index contributed by atoms with van der Waals surface area (Å²) in [5.74, 6) is 2.18. The monoisotopic (exact) mass is 325 g/mol. The molecule has 0 unspecified atom stereocenters. The van der Waals surface area contributed by atoms with Crippen molar-refractivity contribution in [2.24, 2.45) is 0 Å². The molecule has 0 amide bonds. The van der Waals surface area contributed by atoms with E-state index in [1.165, 1.54) is 0 Å². The summed E-state index contributed by atoms with van der Waals surface area (Å²) >= 11 is 5.90. The van der Waals surface area contributed by atoms with Crippen LogP contribution in [-0.2, 0) is 6.54 Å². The molecule has 0 aliphatic rings. The van der Waals surface area contributed by atoms with E-state index in [1.807, 2.05) is 55.6 Å². The van der Waals surface area contributed by atoms with Crippen molar-refractivity contribution in [2.75, 3.05) is 10.6 Å². The summed E-state index contributed by atoms with van der Waals surface area (Å²) < 4.78 is 0. The van der Waals surface area contributed by atoms with E-state index in [1.54, 1.807) is 6.20 Å². The average Bonchev–Trinajstić information content (AvgIpc) is 2.56. The Bertz CT molecular complexity index is 775. The number of hydrogen-bond donors (Lipinski definition) is 2. The lowest BCUT2D eigenvalue weighted by molar-refractivity contribution is 1.02. The zero-order valence-corrected chi connectivity index (χ0v) is 13.4. The highest BCUT2D eigenvalue weighted by atomic mass is 35.5. The Balaban J connectivity index is 1.72. The van der Waals surface area contributed by atoms with Crippen LogP contribution in [-0.4, -0.2) is 15.0 Å². The molecule has 0 aliphatic carbocycles. The highest BCUT2D eigenvalue weighted by Crippen LogP contribution is 2.19. The average molecular weight is 326 g/mol. The van der Waals surface area contributed by atoms with E-state index in [0.717, 1.165) is 22.9 Å². The van der Waals surface area contributed by atoms with Gasteiger partial charge in [0.15, 0.2) is 0 Å². The SMILES string of the molecule is Cc1nc(NCc2cccnc2)cc(Nc2ccc(Cl)cc2)n1. The van der Waals surface area contributed by atoms with Gasteiger partial charge in [0.25, 0.3) is 0 Å². The first kappa shape index (κ1) is 15.2. The van der Waals surface area contributed by atoms with Gasteiger partial charge in [-0.3, -0.25) is 4.98 Å². The van der Waals surface area contributed by atoms with Crippen molar-refractivity contribution in [1.82, 2.24) is 15.0 Å². The molecular weight excluding hydrogens is 310 g/mol. The second kappa shape index (κ2) is 7.07. The zero-order valence-electron chi connectivity index (χ0n) is 12.6. The van der Waals surface area contributed by atoms with Crippen LogP contribution in [0, 0.1) is 6.92 Å². The number of aryl methyl sites for hydroxylation is 1. The minimum atomic E-state index is 0.657. The van der Waals surface area contributed by atoms with E-state index >= 15 is 0 Å². The van der Waals surface area contributed by atoms with E-state index in [2.05, 4.69) is 25.6 Å². The normalized spacial score (nSPS) is 10.3. The van der Waals surface area contributed by atoms with Crippen LogP contribution in [0.1, 0.15) is 11.4 Å². The van der Waals surface area contributed by atoms with Crippen LogP contribution < -0.4 is 10.6 Å². The Morgan fingerprint density at radius 3 is 2.57 bits per heavy atom. The third-order valence-corrected chi connectivity index (χ3v) is 3.40. The topological polar surface area (TPSA) is 62.7 Å². The number of halogens is 1. The number of benzene rings is 1. The first-order valence-corrected chi connectivity index (χ1v) is 7.58. The number of rotatable bonds is 5. The largest absolute Gasteiger partial charge is 0.366 e. The summed E-state index contributed by atoms with van der Waals surface area (Å²) in [6, 6.07) is 13.3. The molecule has 2 aromatic heterocycles. The summed E-state index contributed by atoms with van der Waals surface area (Å²) in [7, 11) is 0. The number of aromatic nitrogens is 3. The Morgan fingerprint density at radius 2 is 1.83 bits per heavy atom. The molecule has 2 N–H and O–H groups in total. The third kappa shape index (κ3) is 4.40. The van der Waals surface area contributed by atoms with Crippen LogP contribution in [0.2, 0.25) is 5.02 Å². The van der Waals surface area contributed by atoms with Crippen LogP contribution in [0.25, 0.3) is 0 Å². The molecule has 0 spiro atoms. The molecule has 0 bridgehead atoms. The number of pyridine rings is 1. The fourth-order valence-corrected chi connectivity index (χ4v) is 2.22. The van der Waals surface area contributed by atoms with E-state index in [-0.39, 0.29) is 0 Å². The van der Waals surface area contributed by atoms with Gasteiger partial charge in [-0.1, -0.05) is 17.7 Å². The number of hydrogen-bond acceptors (Lipinski definition) is 5. The molecule has 0 fully saturated rings. The van der Waals surface area contributed by atoms with Crippen LogP contribution in [0.5, 0.6) is 0 Å². The Morgan fingerprint density at radius 1 is 1.04 bits per heavy atom. The van der Waals surface area contributed by atoms with Crippen molar-refractivity contribution in [3.8, 4) is 0 Å². The Hall–Kier alpha value is -2.66. The van der Waals surface area contributed by atoms with Crippen LogP contribution >= 0.6 is 11.6 Å². The molecule has 0 atom stereocenters. The molecule has 0 saturated heterocycles. The smallest absolute Gasteiger partial charge is 0.136 e. The van der Waals surface area contributed by atoms with Gasteiger partial charge in [-0.05, 0) is 42.8 Å². The molecular formula is C17H16ClN5. The van der Waals surface area contributed by atoms with Crippen LogP contribution in [0.4, 0.5) is 17.3 Å². The summed E-state index contributed by atoms with van der Waals surface area (Å²) in [5.41, 5.74) is 2.02. The van der Waals surface area contributed by atoms with Crippen molar-refractivity contribution in [2.45, 2.75) is 13.5 Å². The van der Waals surface area contributed by atoms with Gasteiger partial charge in [0.1, 0.15) is 17.5 Å². The maximum atomic E-state index is 5.90. The van der Waals surface area contributed by atoms with Crippen molar-refractivity contribution >= 4 is 28.9 Å². The molecule has 6 heteroatoms. The zero-order chi connectivity index (χ0) is 16.1. The first-order chi connectivity index (χ1) is 11.2. The maximum absolute atomic E-state index is 5.90. The summed E-state index contributed by atoms with van der Waals surface area (Å²) in [6.45, 7) is 2.52. The molecule has 2 heterocycles. The predicted octanol–water partition coefficient (Wildman–Crippen LogP) is 4.19. The lowest BCUT2D eigenvalue weighted by Crippen LogP contribution is -2.05. The second-order valence-corrected chi connectivity index (χ2v) is 5.47. The molecule has 1 aromatic carbocycles. The molecule has 0 saturated carbocycles. The second-order valence-electron chi connectivity index (χ2n) is 5.03. The van der Waals surface area contributed by atoms with Gasteiger partial charge in [0, 0.05) is 35.7 Å². The standard InChI is InChI=1S/C17H16ClN5/c1-12-21-16(20-11-13-3-2-8-19-10-13)9-17(22-12)23-15-6-4-14(18)5-7-15/h2-10H,11H2,1H3,(H2,20,21,22,23). The van der Waals surface area contributed by atoms with Gasteiger partial charge in [-0.2, -0.15) is 0 Å². The minimum absolute atomic E-state index is 0.657. The molecule has 3 rings (SSSR count). The Kier molecular flexibility index (Phi) is 4.68. The molecule has 0 radical (unpaired) electrons. The number of anilines is 3. The predicted molar refractivity (Wildman–Crippen MR) is 93.1 cm³/mol. The third-order valence-electron chi connectivity index (χ3n) is 3.15. The summed E-state index contributed by atoms with van der Waals surface area (Å²) in [6.07, 6.45) is 3.58. The van der Waals surface area contributed by atoms with E-state index < -0.39 is 0 Å². The molecule has 0 aliphatic heterocycles. The highest BCUT2D eigenvalue weighted by molar-refractivity contribution is 6.30. The first-order valence-electron chi connectivity index (χ1n) is 7.20. The lowest BCUT2D eigenvalue weighted by Gasteiger charge is -2.10. The van der Waals surface area contributed by atoms with Crippen LogP contribution in [0.3, 0.4) is 0 Å². The quantitative estimate of drug-likeness (QED) is 0.736. The lowest BCUT2D eigenvalue weighted by atomic mass is 10.3. The van der Waals surface area contributed by atoms with Gasteiger partial charge in [-0.25, -0.2) is 9.97 Å². The van der Waals surface area contributed by atoms with Crippen molar-refractivity contribution in [1.29, 1.82) is 0 Å². The number of nitrogens with zero attached hydrogens (tertiary/aromatic N) is 3. The van der Waals surface area contributed by atoms with Crippen molar-refractivity contribution in [3.05, 3.63) is 71.3 Å². The summed E-state index contributed by atoms with van der Waals surface area (Å²) in [5, 5.41) is 7.24. The number of nitrogens with one attached hydrogen (secondary N) is 2. The van der Waals surface area contributed by atoms with Crippen molar-refractivity contribution in [3.63, 3.8) is 0 Å². The minimum Gasteiger partial charge on any atom is -0.366 e. The maximum Gasteiger partial charge on any atom is 0.136 e. The van der Waals surface area contributed by atoms with E-state index in [0.29, 0.717) is 17.4 Å². The molecule has 116 valence electrons. The van der Waals surface area contributed by atoms with Gasteiger partial charge in [-0.15, -0.1) is 0 Å². The van der Waals surface area contributed by atoms with Gasteiger partial charge < -0.3 is 10.6 Å². The van der Waals surface area contributed by atoms with Gasteiger partial charge in [0.05, 0.1) is 0 Å². The highest BCUT2D eigenvalue weighted by Gasteiger charge is 2.03. The fourth-order valence-electron chi connectivity index (χ4n) is 2.10. The van der Waals surface area contributed by atoms with Gasteiger partial charge in [0.2, 0.25) is 0 Å². The summed E-state index contributed by atoms with van der Waals surface area (Å²) in [4.78, 5) is 12.9. The van der Waals surface area contributed by atoms with Crippen molar-refractivity contribution < 1.29 is 0 Å². The molecule has 23 heavy (non-hydrogen) atoms. The fraction of sp³-hybridized carbons (Fsp3) is 0.118. The van der Waals surface area contributed by atoms with Crippen LogP contribution in [0.15, 0.2) is 54.9 Å². The molecule has 3 aromatic rings. The van der Waals surface area contributed by atoms with E-state index in [4.69, 9.17) is 11.6 Å². The van der Waals surface area contributed by atoms with Gasteiger partial charge >= 0.3 is 0 Å². The van der Waals surface area contributed by atoms with E-state index in [9.17, 15) is 0 Å². The Labute approximate surface area is 139 Å². The molecule has 5 nitrogen and oxygen atoms in total.